The van der Waals surface area contributed by atoms with Gasteiger partial charge in [0.2, 0.25) is 0 Å². The van der Waals surface area contributed by atoms with E-state index in [1.54, 1.807) is 6.20 Å². The van der Waals surface area contributed by atoms with Gasteiger partial charge in [-0.1, -0.05) is 25.1 Å². The minimum Gasteiger partial charge on any atom is -0.384 e. The molecule has 1 aliphatic rings. The molecule has 1 fully saturated rings. The first-order valence-corrected chi connectivity index (χ1v) is 6.96. The van der Waals surface area contributed by atoms with Crippen LogP contribution in [-0.4, -0.2) is 5.84 Å². The summed E-state index contributed by atoms with van der Waals surface area (Å²) >= 11 is 0. The number of halogens is 1. The number of hydrogen-bond donors (Lipinski definition) is 1. The van der Waals surface area contributed by atoms with Crippen molar-refractivity contribution in [1.29, 1.82) is 0 Å². The topological polar surface area (TPSA) is 38.4 Å². The summed E-state index contributed by atoms with van der Waals surface area (Å²) in [5.41, 5.74) is 8.82. The summed E-state index contributed by atoms with van der Waals surface area (Å²) in [5, 5.41) is 0. The molecule has 2 nitrogen and oxygen atoms in total. The van der Waals surface area contributed by atoms with Crippen LogP contribution in [0, 0.1) is 12.7 Å². The minimum absolute atomic E-state index is 0.143. The van der Waals surface area contributed by atoms with Gasteiger partial charge in [-0.15, -0.1) is 0 Å². The zero-order valence-corrected chi connectivity index (χ0v) is 12.1. The molecular formula is C17H21FN2. The first-order chi connectivity index (χ1) is 9.54. The minimum atomic E-state index is -0.143. The number of nitrogens with zero attached hydrogens (tertiary/aromatic N) is 1. The number of hydrogen-bond acceptors (Lipinski definition) is 1. The van der Waals surface area contributed by atoms with Crippen LogP contribution in [-0.2, 0) is 0 Å². The molecule has 2 N–H and O–H groups in total. The highest BCUT2D eigenvalue weighted by Gasteiger charge is 2.23. The molecular weight excluding hydrogens is 251 g/mol. The largest absolute Gasteiger partial charge is 0.384 e. The molecule has 1 aromatic rings. The molecule has 0 heterocycles. The highest BCUT2D eigenvalue weighted by Crippen LogP contribution is 2.39. The summed E-state index contributed by atoms with van der Waals surface area (Å²) in [7, 11) is 0. The fourth-order valence-corrected chi connectivity index (χ4v) is 2.46. The van der Waals surface area contributed by atoms with E-state index in [4.69, 9.17) is 5.73 Å². The van der Waals surface area contributed by atoms with Crippen molar-refractivity contribution in [3.8, 4) is 0 Å². The van der Waals surface area contributed by atoms with Gasteiger partial charge in [-0.05, 0) is 55.4 Å². The number of nitrogens with two attached hydrogens (primary N) is 1. The Balaban J connectivity index is 2.33. The van der Waals surface area contributed by atoms with E-state index in [1.807, 2.05) is 19.9 Å². The maximum Gasteiger partial charge on any atom is 0.133 e. The van der Waals surface area contributed by atoms with Gasteiger partial charge in [0.05, 0.1) is 0 Å². The molecule has 1 saturated carbocycles. The summed E-state index contributed by atoms with van der Waals surface area (Å²) in [6.07, 6.45) is 6.65. The number of benzene rings is 1. The van der Waals surface area contributed by atoms with Crippen molar-refractivity contribution in [2.45, 2.75) is 39.0 Å². The Labute approximate surface area is 119 Å². The quantitative estimate of drug-likeness (QED) is 0.644. The van der Waals surface area contributed by atoms with E-state index in [0.29, 0.717) is 17.3 Å². The molecule has 0 spiro atoms. The Morgan fingerprint density at radius 1 is 1.45 bits per heavy atom. The van der Waals surface area contributed by atoms with E-state index >= 15 is 0 Å². The van der Waals surface area contributed by atoms with E-state index in [9.17, 15) is 4.39 Å². The molecule has 0 atom stereocenters. The molecule has 0 amide bonds. The van der Waals surface area contributed by atoms with E-state index in [0.717, 1.165) is 16.7 Å². The Morgan fingerprint density at radius 2 is 2.15 bits per heavy atom. The molecule has 20 heavy (non-hydrogen) atoms. The lowest BCUT2D eigenvalue weighted by molar-refractivity contribution is 0.416. The third kappa shape index (κ3) is 2.82. The molecule has 0 radical (unpaired) electrons. The van der Waals surface area contributed by atoms with Crippen molar-refractivity contribution >= 4 is 11.4 Å². The molecule has 1 aromatic carbocycles. The Morgan fingerprint density at radius 3 is 2.70 bits per heavy atom. The van der Waals surface area contributed by atoms with E-state index in [1.165, 1.54) is 25.3 Å². The summed E-state index contributed by atoms with van der Waals surface area (Å²) in [6, 6.07) is 3.90. The fourth-order valence-electron chi connectivity index (χ4n) is 2.46. The number of allylic oxidation sites excluding steroid dienone is 1. The Hall–Kier alpha value is -1.90. The number of amidine groups is 1. The number of aliphatic imine (C=N–C) groups is 1. The van der Waals surface area contributed by atoms with Crippen molar-refractivity contribution in [3.63, 3.8) is 0 Å². The predicted octanol–water partition coefficient (Wildman–Crippen LogP) is 4.31. The normalized spacial score (nSPS) is 16.9. The molecule has 3 heteroatoms. The highest BCUT2D eigenvalue weighted by atomic mass is 19.1. The van der Waals surface area contributed by atoms with Crippen LogP contribution in [0.3, 0.4) is 0 Å². The Kier molecular flexibility index (Phi) is 4.38. The van der Waals surface area contributed by atoms with Gasteiger partial charge < -0.3 is 5.73 Å². The maximum atomic E-state index is 14.5. The SMILES string of the molecule is C=C/C(N)=N\C=C(/C)c1ccc(C2CCC2)c(C)c1F. The van der Waals surface area contributed by atoms with Crippen LogP contribution in [0.4, 0.5) is 4.39 Å². The zero-order chi connectivity index (χ0) is 14.7. The zero-order valence-electron chi connectivity index (χ0n) is 12.1. The lowest BCUT2D eigenvalue weighted by Crippen LogP contribution is -2.11. The van der Waals surface area contributed by atoms with Crippen LogP contribution >= 0.6 is 0 Å². The highest BCUT2D eigenvalue weighted by molar-refractivity contribution is 5.91. The van der Waals surface area contributed by atoms with Gasteiger partial charge in [-0.3, -0.25) is 0 Å². The van der Waals surface area contributed by atoms with Crippen molar-refractivity contribution in [1.82, 2.24) is 0 Å². The molecule has 0 aliphatic heterocycles. The second-order valence-electron chi connectivity index (χ2n) is 5.34. The van der Waals surface area contributed by atoms with Crippen molar-refractivity contribution < 1.29 is 4.39 Å². The van der Waals surface area contributed by atoms with Gasteiger partial charge >= 0.3 is 0 Å². The van der Waals surface area contributed by atoms with Gasteiger partial charge in [-0.25, -0.2) is 9.38 Å². The third-order valence-electron chi connectivity index (χ3n) is 4.01. The van der Waals surface area contributed by atoms with Crippen molar-refractivity contribution in [2.75, 3.05) is 0 Å². The van der Waals surface area contributed by atoms with Crippen LogP contribution < -0.4 is 5.73 Å². The molecule has 0 unspecified atom stereocenters. The fraction of sp³-hybridized carbons (Fsp3) is 0.353. The van der Waals surface area contributed by atoms with Crippen molar-refractivity contribution in [2.24, 2.45) is 10.7 Å². The van der Waals surface area contributed by atoms with Gasteiger partial charge in [0, 0.05) is 11.8 Å². The lowest BCUT2D eigenvalue weighted by atomic mass is 9.78. The second kappa shape index (κ2) is 6.04. The van der Waals surface area contributed by atoms with Crippen LogP contribution in [0.1, 0.15) is 48.8 Å². The van der Waals surface area contributed by atoms with Gasteiger partial charge in [0.1, 0.15) is 11.7 Å². The average molecular weight is 272 g/mol. The molecule has 2 rings (SSSR count). The monoisotopic (exact) mass is 272 g/mol. The first kappa shape index (κ1) is 14.5. The van der Waals surface area contributed by atoms with Gasteiger partial charge in [-0.2, -0.15) is 0 Å². The smallest absolute Gasteiger partial charge is 0.133 e. The number of rotatable bonds is 4. The van der Waals surface area contributed by atoms with Gasteiger partial charge in [0.25, 0.3) is 0 Å². The average Bonchev–Trinajstić information content (AvgIpc) is 2.39. The molecule has 0 saturated heterocycles. The van der Waals surface area contributed by atoms with Crippen LogP contribution in [0.5, 0.6) is 0 Å². The van der Waals surface area contributed by atoms with E-state index in [2.05, 4.69) is 17.6 Å². The predicted molar refractivity (Wildman–Crippen MR) is 83.2 cm³/mol. The van der Waals surface area contributed by atoms with Crippen LogP contribution in [0.15, 0.2) is 36.0 Å². The molecule has 1 aliphatic carbocycles. The summed E-state index contributed by atoms with van der Waals surface area (Å²) in [5.74, 6) is 0.723. The molecule has 0 aromatic heterocycles. The summed E-state index contributed by atoms with van der Waals surface area (Å²) < 4.78 is 14.5. The van der Waals surface area contributed by atoms with Gasteiger partial charge in [0.15, 0.2) is 0 Å². The third-order valence-corrected chi connectivity index (χ3v) is 4.01. The van der Waals surface area contributed by atoms with Crippen LogP contribution in [0.25, 0.3) is 5.57 Å². The second-order valence-corrected chi connectivity index (χ2v) is 5.34. The molecule has 106 valence electrons. The maximum absolute atomic E-state index is 14.5. The summed E-state index contributed by atoms with van der Waals surface area (Å²) in [4.78, 5) is 4.02. The van der Waals surface area contributed by atoms with Crippen LogP contribution in [0.2, 0.25) is 0 Å². The lowest BCUT2D eigenvalue weighted by Gasteiger charge is -2.28. The first-order valence-electron chi connectivity index (χ1n) is 6.96. The Bertz CT molecular complexity index is 581. The van der Waals surface area contributed by atoms with Crippen molar-refractivity contribution in [3.05, 3.63) is 53.5 Å². The standard InChI is InChI=1S/C17H21FN2/c1-4-16(19)20-10-11(2)14-8-9-15(12(3)17(14)18)13-6-5-7-13/h4,8-10,13H,1,5-7H2,2-3H3,(H2,19,20)/b11-10+. The van der Waals surface area contributed by atoms with E-state index in [-0.39, 0.29) is 5.82 Å². The molecule has 0 bridgehead atoms. The van der Waals surface area contributed by atoms with E-state index < -0.39 is 0 Å². The summed E-state index contributed by atoms with van der Waals surface area (Å²) in [6.45, 7) is 7.23.